The lowest BCUT2D eigenvalue weighted by Crippen LogP contribution is -2.26. The Bertz CT molecular complexity index is 988. The van der Waals surface area contributed by atoms with Gasteiger partial charge >= 0.3 is 0 Å². The van der Waals surface area contributed by atoms with Crippen molar-refractivity contribution in [2.24, 2.45) is 0 Å². The van der Waals surface area contributed by atoms with Gasteiger partial charge in [0.1, 0.15) is 11.3 Å². The average molecular weight is 357 g/mol. The molecule has 1 unspecified atom stereocenters. The highest BCUT2D eigenvalue weighted by atomic mass is 32.2. The summed E-state index contributed by atoms with van der Waals surface area (Å²) in [5.74, 6) is 0.304. The Labute approximate surface area is 146 Å². The van der Waals surface area contributed by atoms with Crippen molar-refractivity contribution in [3.63, 3.8) is 0 Å². The number of benzene rings is 2. The molecule has 0 fully saturated rings. The maximum absolute atomic E-state index is 12.5. The van der Waals surface area contributed by atoms with Gasteiger partial charge in [-0.2, -0.15) is 0 Å². The molecule has 0 saturated heterocycles. The SMILES string of the molecule is CC(NC(=O)c1cccc(CS(C)(=O)=O)c1)c1cc2ccccc2o1. The largest absolute Gasteiger partial charge is 0.459 e. The van der Waals surface area contributed by atoms with E-state index in [2.05, 4.69) is 5.32 Å². The fourth-order valence-electron chi connectivity index (χ4n) is 2.67. The Morgan fingerprint density at radius 1 is 1.12 bits per heavy atom. The van der Waals surface area contributed by atoms with Gasteiger partial charge in [-0.25, -0.2) is 8.42 Å². The summed E-state index contributed by atoms with van der Waals surface area (Å²) < 4.78 is 28.6. The van der Waals surface area contributed by atoms with Crippen molar-refractivity contribution in [1.82, 2.24) is 5.32 Å². The van der Waals surface area contributed by atoms with Crippen molar-refractivity contribution < 1.29 is 17.6 Å². The lowest BCUT2D eigenvalue weighted by molar-refractivity contribution is 0.0935. The maximum atomic E-state index is 12.5. The second-order valence-electron chi connectivity index (χ2n) is 6.15. The van der Waals surface area contributed by atoms with Crippen LogP contribution < -0.4 is 5.32 Å². The molecule has 6 heteroatoms. The average Bonchev–Trinajstić information content (AvgIpc) is 2.97. The van der Waals surface area contributed by atoms with Gasteiger partial charge in [0.05, 0.1) is 11.8 Å². The highest BCUT2D eigenvalue weighted by Gasteiger charge is 2.16. The first kappa shape index (κ1) is 17.2. The van der Waals surface area contributed by atoms with E-state index in [9.17, 15) is 13.2 Å². The Morgan fingerprint density at radius 2 is 1.88 bits per heavy atom. The van der Waals surface area contributed by atoms with Gasteiger partial charge in [-0.05, 0) is 36.8 Å². The summed E-state index contributed by atoms with van der Waals surface area (Å²) in [6.07, 6.45) is 1.17. The first-order valence-electron chi connectivity index (χ1n) is 7.88. The molecule has 1 aromatic heterocycles. The number of sulfone groups is 1. The fraction of sp³-hybridized carbons (Fsp3) is 0.211. The third-order valence-corrected chi connectivity index (χ3v) is 4.69. The summed E-state index contributed by atoms with van der Waals surface area (Å²) in [6, 6.07) is 15.9. The summed E-state index contributed by atoms with van der Waals surface area (Å²) in [4.78, 5) is 12.5. The third kappa shape index (κ3) is 4.28. The summed E-state index contributed by atoms with van der Waals surface area (Å²) in [7, 11) is -3.15. The summed E-state index contributed by atoms with van der Waals surface area (Å²) in [5, 5.41) is 3.86. The lowest BCUT2D eigenvalue weighted by atomic mass is 10.1. The monoisotopic (exact) mass is 357 g/mol. The Kier molecular flexibility index (Phi) is 4.63. The molecule has 0 saturated carbocycles. The molecular formula is C19H19NO4S. The first-order chi connectivity index (χ1) is 11.8. The molecule has 1 amide bonds. The number of furan rings is 1. The molecule has 2 aromatic carbocycles. The van der Waals surface area contributed by atoms with E-state index in [0.717, 1.165) is 11.0 Å². The van der Waals surface area contributed by atoms with Crippen LogP contribution in [0, 0.1) is 0 Å². The molecule has 1 heterocycles. The number of hydrogen-bond donors (Lipinski definition) is 1. The van der Waals surface area contributed by atoms with Crippen LogP contribution >= 0.6 is 0 Å². The van der Waals surface area contributed by atoms with Gasteiger partial charge in [0.15, 0.2) is 9.84 Å². The van der Waals surface area contributed by atoms with E-state index in [0.29, 0.717) is 16.9 Å². The van der Waals surface area contributed by atoms with Crippen LogP contribution in [0.15, 0.2) is 59.0 Å². The van der Waals surface area contributed by atoms with E-state index in [1.54, 1.807) is 24.3 Å². The smallest absolute Gasteiger partial charge is 0.251 e. The van der Waals surface area contributed by atoms with Crippen molar-refractivity contribution in [1.29, 1.82) is 0 Å². The summed E-state index contributed by atoms with van der Waals surface area (Å²) in [5.41, 5.74) is 1.78. The number of nitrogens with one attached hydrogen (secondary N) is 1. The molecule has 5 nitrogen and oxygen atoms in total. The van der Waals surface area contributed by atoms with Crippen LogP contribution in [0.1, 0.15) is 34.6 Å². The fourth-order valence-corrected chi connectivity index (χ4v) is 3.46. The molecule has 1 atom stereocenters. The zero-order valence-electron chi connectivity index (χ0n) is 14.0. The molecular weight excluding hydrogens is 338 g/mol. The minimum absolute atomic E-state index is 0.0900. The molecule has 130 valence electrons. The molecule has 0 aliphatic carbocycles. The van der Waals surface area contributed by atoms with Gasteiger partial charge in [0, 0.05) is 17.2 Å². The molecule has 3 rings (SSSR count). The number of fused-ring (bicyclic) bond motifs is 1. The molecule has 25 heavy (non-hydrogen) atoms. The van der Waals surface area contributed by atoms with Crippen LogP contribution in [-0.2, 0) is 15.6 Å². The minimum Gasteiger partial charge on any atom is -0.459 e. The third-order valence-electron chi connectivity index (χ3n) is 3.84. The Morgan fingerprint density at radius 3 is 2.60 bits per heavy atom. The molecule has 0 bridgehead atoms. The number of amides is 1. The number of carbonyl (C=O) groups is 1. The molecule has 0 radical (unpaired) electrons. The number of carbonyl (C=O) groups excluding carboxylic acids is 1. The van der Waals surface area contributed by atoms with Gasteiger partial charge in [-0.3, -0.25) is 4.79 Å². The lowest BCUT2D eigenvalue weighted by Gasteiger charge is -2.12. The zero-order chi connectivity index (χ0) is 18.0. The number of hydrogen-bond acceptors (Lipinski definition) is 4. The van der Waals surface area contributed by atoms with Crippen molar-refractivity contribution >= 4 is 26.7 Å². The molecule has 0 spiro atoms. The van der Waals surface area contributed by atoms with Crippen LogP contribution in [0.4, 0.5) is 0 Å². The van der Waals surface area contributed by atoms with Crippen molar-refractivity contribution in [2.75, 3.05) is 6.26 Å². The topological polar surface area (TPSA) is 76.4 Å². The first-order valence-corrected chi connectivity index (χ1v) is 9.94. The van der Waals surface area contributed by atoms with E-state index in [1.807, 2.05) is 37.3 Å². The van der Waals surface area contributed by atoms with E-state index in [-0.39, 0.29) is 17.7 Å². The van der Waals surface area contributed by atoms with Crippen molar-refractivity contribution in [3.8, 4) is 0 Å². The standard InChI is InChI=1S/C19H19NO4S/c1-13(18-11-15-7-3-4-9-17(15)24-18)20-19(21)16-8-5-6-14(10-16)12-25(2,22)23/h3-11,13H,12H2,1-2H3,(H,20,21). The van der Waals surface area contributed by atoms with Gasteiger partial charge < -0.3 is 9.73 Å². The Balaban J connectivity index is 1.76. The summed E-state index contributed by atoms with van der Waals surface area (Å²) >= 11 is 0. The van der Waals surface area contributed by atoms with E-state index >= 15 is 0 Å². The highest BCUT2D eigenvalue weighted by molar-refractivity contribution is 7.89. The minimum atomic E-state index is -3.15. The maximum Gasteiger partial charge on any atom is 0.251 e. The molecule has 1 N–H and O–H groups in total. The van der Waals surface area contributed by atoms with Crippen LogP contribution in [0.5, 0.6) is 0 Å². The van der Waals surface area contributed by atoms with Crippen LogP contribution in [0.25, 0.3) is 11.0 Å². The molecule has 3 aromatic rings. The molecule has 0 aliphatic heterocycles. The summed E-state index contributed by atoms with van der Waals surface area (Å²) in [6.45, 7) is 1.84. The quantitative estimate of drug-likeness (QED) is 0.758. The van der Waals surface area contributed by atoms with Crippen molar-refractivity contribution in [2.45, 2.75) is 18.7 Å². The molecule has 0 aliphatic rings. The second kappa shape index (κ2) is 6.72. The predicted molar refractivity (Wildman–Crippen MR) is 97.1 cm³/mol. The van der Waals surface area contributed by atoms with Gasteiger partial charge in [-0.15, -0.1) is 0 Å². The Hall–Kier alpha value is -2.60. The van der Waals surface area contributed by atoms with Crippen molar-refractivity contribution in [3.05, 3.63) is 71.5 Å². The van der Waals surface area contributed by atoms with Gasteiger partial charge in [0.25, 0.3) is 5.91 Å². The number of para-hydroxylation sites is 1. The van der Waals surface area contributed by atoms with Gasteiger partial charge in [-0.1, -0.05) is 30.3 Å². The predicted octanol–water partition coefficient (Wildman–Crippen LogP) is 3.47. The highest BCUT2D eigenvalue weighted by Crippen LogP contribution is 2.23. The van der Waals surface area contributed by atoms with Crippen LogP contribution in [-0.4, -0.2) is 20.6 Å². The normalized spacial score (nSPS) is 12.9. The van der Waals surface area contributed by atoms with E-state index in [1.165, 1.54) is 6.26 Å². The van der Waals surface area contributed by atoms with Gasteiger partial charge in [0.2, 0.25) is 0 Å². The number of rotatable bonds is 5. The zero-order valence-corrected chi connectivity index (χ0v) is 14.8. The van der Waals surface area contributed by atoms with Crippen LogP contribution in [0.3, 0.4) is 0 Å². The van der Waals surface area contributed by atoms with Crippen LogP contribution in [0.2, 0.25) is 0 Å². The second-order valence-corrected chi connectivity index (χ2v) is 8.29. The van der Waals surface area contributed by atoms with E-state index in [4.69, 9.17) is 4.42 Å². The van der Waals surface area contributed by atoms with E-state index < -0.39 is 9.84 Å².